The normalized spacial score (nSPS) is 11.6. The Balaban J connectivity index is 2.02. The maximum atomic E-state index is 12.1. The first-order valence-corrected chi connectivity index (χ1v) is 9.29. The van der Waals surface area contributed by atoms with Crippen molar-refractivity contribution in [2.24, 2.45) is 0 Å². The van der Waals surface area contributed by atoms with Gasteiger partial charge in [-0.3, -0.25) is 4.79 Å². The van der Waals surface area contributed by atoms with Gasteiger partial charge in [0.05, 0.1) is 11.3 Å². The van der Waals surface area contributed by atoms with Gasteiger partial charge in [-0.15, -0.1) is 0 Å². The first-order chi connectivity index (χ1) is 11.7. The van der Waals surface area contributed by atoms with Crippen LogP contribution in [0.15, 0.2) is 24.5 Å². The zero-order chi connectivity index (χ0) is 18.6. The molecule has 25 heavy (non-hydrogen) atoms. The Morgan fingerprint density at radius 2 is 2.24 bits per heavy atom. The maximum absolute atomic E-state index is 12.1. The zero-order valence-corrected chi connectivity index (χ0v) is 15.3. The monoisotopic (exact) mass is 411 g/mol. The van der Waals surface area contributed by atoms with Crippen LogP contribution in [0.5, 0.6) is 0 Å². The number of pyridine rings is 1. The molecule has 0 saturated carbocycles. The molecule has 0 radical (unpaired) electrons. The van der Waals surface area contributed by atoms with Gasteiger partial charge in [0, 0.05) is 25.3 Å². The lowest BCUT2D eigenvalue weighted by Crippen LogP contribution is -2.26. The Morgan fingerprint density at radius 3 is 2.88 bits per heavy atom. The standard InChI is InChI=1S/C14H13ClF3N3O2S2/c1-20(10(22)4-6-24-8-14(16,17)18)13-11(15)19-12(25-13)9-3-2-5-21(23)7-9/h2-3,5,7H,4,6,8H2,1H3. The molecule has 0 unspecified atom stereocenters. The van der Waals surface area contributed by atoms with Gasteiger partial charge in [-0.25, -0.2) is 4.98 Å². The number of halogens is 4. The molecule has 2 aromatic heterocycles. The van der Waals surface area contributed by atoms with E-state index in [9.17, 15) is 23.2 Å². The van der Waals surface area contributed by atoms with Crippen molar-refractivity contribution in [2.45, 2.75) is 12.6 Å². The highest BCUT2D eigenvalue weighted by Gasteiger charge is 2.27. The summed E-state index contributed by atoms with van der Waals surface area (Å²) in [5, 5.41) is 12.3. The number of amides is 1. The fourth-order valence-corrected chi connectivity index (χ4v) is 3.83. The highest BCUT2D eigenvalue weighted by Crippen LogP contribution is 2.37. The number of thiazole rings is 1. The van der Waals surface area contributed by atoms with Gasteiger partial charge in [0.1, 0.15) is 10.0 Å². The molecule has 0 atom stereocenters. The van der Waals surface area contributed by atoms with Gasteiger partial charge in [0.2, 0.25) is 5.91 Å². The van der Waals surface area contributed by atoms with Gasteiger partial charge in [-0.05, 0) is 6.07 Å². The minimum absolute atomic E-state index is 0.0489. The predicted octanol–water partition coefficient (Wildman–Crippen LogP) is 3.75. The second kappa shape index (κ2) is 8.24. The number of carbonyl (C=O) groups is 1. The number of carbonyl (C=O) groups excluding carboxylic acids is 1. The molecule has 2 aromatic rings. The van der Waals surface area contributed by atoms with Crippen LogP contribution in [-0.4, -0.2) is 35.6 Å². The number of rotatable bonds is 6. The van der Waals surface area contributed by atoms with Crippen LogP contribution in [0.3, 0.4) is 0 Å². The number of anilines is 1. The molecule has 0 aliphatic rings. The van der Waals surface area contributed by atoms with Crippen LogP contribution in [0.25, 0.3) is 10.6 Å². The first kappa shape index (κ1) is 19.8. The number of aromatic nitrogens is 2. The van der Waals surface area contributed by atoms with E-state index >= 15 is 0 Å². The molecule has 11 heteroatoms. The largest absolute Gasteiger partial charge is 0.619 e. The molecule has 5 nitrogen and oxygen atoms in total. The van der Waals surface area contributed by atoms with Gasteiger partial charge in [-0.1, -0.05) is 22.9 Å². The molecule has 0 fully saturated rings. The van der Waals surface area contributed by atoms with Crippen LogP contribution >= 0.6 is 34.7 Å². The number of alkyl halides is 3. The van der Waals surface area contributed by atoms with Crippen LogP contribution in [0.4, 0.5) is 18.2 Å². The van der Waals surface area contributed by atoms with Gasteiger partial charge in [0.15, 0.2) is 17.5 Å². The van der Waals surface area contributed by atoms with Crippen LogP contribution in [0.2, 0.25) is 5.15 Å². The molecule has 0 aromatic carbocycles. The second-order valence-corrected chi connectivity index (χ2v) is 7.38. The second-order valence-electron chi connectivity index (χ2n) is 4.94. The molecule has 0 aliphatic carbocycles. The topological polar surface area (TPSA) is 60.1 Å². The third-order valence-corrected chi connectivity index (χ3v) is 5.58. The highest BCUT2D eigenvalue weighted by atomic mass is 35.5. The van der Waals surface area contributed by atoms with Crippen molar-refractivity contribution in [1.29, 1.82) is 0 Å². The Kier molecular flexibility index (Phi) is 6.53. The lowest BCUT2D eigenvalue weighted by molar-refractivity contribution is -0.604. The van der Waals surface area contributed by atoms with Crippen molar-refractivity contribution in [3.05, 3.63) is 34.9 Å². The van der Waals surface area contributed by atoms with Crippen molar-refractivity contribution in [1.82, 2.24) is 4.98 Å². The Labute approximate surface area is 155 Å². The van der Waals surface area contributed by atoms with E-state index in [1.807, 2.05) is 0 Å². The summed E-state index contributed by atoms with van der Waals surface area (Å²) < 4.78 is 36.9. The average Bonchev–Trinajstić information content (AvgIpc) is 2.91. The Hall–Kier alpha value is -1.52. The van der Waals surface area contributed by atoms with Gasteiger partial charge in [-0.2, -0.15) is 29.7 Å². The molecule has 2 heterocycles. The summed E-state index contributed by atoms with van der Waals surface area (Å²) in [5.41, 5.74) is 0.553. The van der Waals surface area contributed by atoms with Gasteiger partial charge >= 0.3 is 6.18 Å². The maximum Gasteiger partial charge on any atom is 0.397 e. The molecule has 0 bridgehead atoms. The van der Waals surface area contributed by atoms with Crippen molar-refractivity contribution in [3.8, 4) is 10.6 Å². The van der Waals surface area contributed by atoms with Crippen LogP contribution in [0.1, 0.15) is 6.42 Å². The summed E-state index contributed by atoms with van der Waals surface area (Å²) in [7, 11) is 1.48. The Morgan fingerprint density at radius 1 is 1.52 bits per heavy atom. The smallest absolute Gasteiger partial charge is 0.397 e. The number of nitrogens with zero attached hydrogens (tertiary/aromatic N) is 3. The third-order valence-electron chi connectivity index (χ3n) is 3.00. The molecule has 2 rings (SSSR count). The molecule has 0 spiro atoms. The van der Waals surface area contributed by atoms with E-state index in [1.165, 1.54) is 24.3 Å². The average molecular weight is 412 g/mol. The van der Waals surface area contributed by atoms with E-state index in [0.717, 1.165) is 11.3 Å². The van der Waals surface area contributed by atoms with Gasteiger partial charge < -0.3 is 10.1 Å². The summed E-state index contributed by atoms with van der Waals surface area (Å²) in [6.07, 6.45) is -1.64. The molecule has 1 amide bonds. The lowest BCUT2D eigenvalue weighted by atomic mass is 10.3. The fourth-order valence-electron chi connectivity index (χ4n) is 1.83. The molecule has 0 saturated heterocycles. The quantitative estimate of drug-likeness (QED) is 0.412. The summed E-state index contributed by atoms with van der Waals surface area (Å²) in [6, 6.07) is 3.24. The van der Waals surface area contributed by atoms with Crippen molar-refractivity contribution in [2.75, 3.05) is 23.5 Å². The van der Waals surface area contributed by atoms with E-state index in [0.29, 0.717) is 32.1 Å². The van der Waals surface area contributed by atoms with Crippen molar-refractivity contribution < 1.29 is 22.7 Å². The summed E-state index contributed by atoms with van der Waals surface area (Å²) in [6.45, 7) is 0. The SMILES string of the molecule is CN(C(=O)CCSCC(F)(F)F)c1sc(-c2ccc[n+]([O-])c2)nc1Cl. The molecule has 0 N–H and O–H groups in total. The minimum atomic E-state index is -4.25. The van der Waals surface area contributed by atoms with Crippen LogP contribution < -0.4 is 9.63 Å². The molecule has 0 aliphatic heterocycles. The van der Waals surface area contributed by atoms with Gasteiger partial charge in [0.25, 0.3) is 0 Å². The van der Waals surface area contributed by atoms with E-state index in [-0.39, 0.29) is 23.2 Å². The third kappa shape index (κ3) is 5.75. The minimum Gasteiger partial charge on any atom is -0.619 e. The van der Waals surface area contributed by atoms with Crippen LogP contribution in [0, 0.1) is 5.21 Å². The Bertz CT molecular complexity index is 755. The van der Waals surface area contributed by atoms with E-state index < -0.39 is 11.9 Å². The lowest BCUT2D eigenvalue weighted by Gasteiger charge is -2.15. The summed E-state index contributed by atoms with van der Waals surface area (Å²) >= 11 is 7.84. The molecule has 136 valence electrons. The van der Waals surface area contributed by atoms with Crippen molar-refractivity contribution >= 4 is 45.6 Å². The zero-order valence-electron chi connectivity index (χ0n) is 12.9. The summed E-state index contributed by atoms with van der Waals surface area (Å²) in [5.74, 6) is -1.29. The fraction of sp³-hybridized carbons (Fsp3) is 0.357. The number of hydrogen-bond acceptors (Lipinski definition) is 5. The summed E-state index contributed by atoms with van der Waals surface area (Å²) in [4.78, 5) is 17.5. The first-order valence-electron chi connectivity index (χ1n) is 6.94. The number of hydrogen-bond donors (Lipinski definition) is 0. The molecular weight excluding hydrogens is 399 g/mol. The van der Waals surface area contributed by atoms with E-state index in [4.69, 9.17) is 11.6 Å². The van der Waals surface area contributed by atoms with Crippen LogP contribution in [-0.2, 0) is 4.79 Å². The molecular formula is C14H13ClF3N3O2S2. The van der Waals surface area contributed by atoms with Crippen molar-refractivity contribution in [3.63, 3.8) is 0 Å². The predicted molar refractivity (Wildman–Crippen MR) is 92.9 cm³/mol. The van der Waals surface area contributed by atoms with E-state index in [2.05, 4.69) is 4.98 Å². The highest BCUT2D eigenvalue weighted by molar-refractivity contribution is 7.99. The number of thioether (sulfide) groups is 1. The van der Waals surface area contributed by atoms with E-state index in [1.54, 1.807) is 12.1 Å².